The predicted molar refractivity (Wildman–Crippen MR) is 117 cm³/mol. The van der Waals surface area contributed by atoms with Crippen molar-refractivity contribution >= 4 is 54.0 Å². The summed E-state index contributed by atoms with van der Waals surface area (Å²) in [5.41, 5.74) is 0.469. The topological polar surface area (TPSA) is 75.2 Å². The SMILES string of the molecule is Cl.Cl.Fc1ccccc1Nc1nc(Nc2ccccc2F)nc(N2CCOCC2)n1. The van der Waals surface area contributed by atoms with Crippen molar-refractivity contribution in [3.8, 4) is 0 Å². The van der Waals surface area contributed by atoms with Gasteiger partial charge in [0.2, 0.25) is 17.8 Å². The van der Waals surface area contributed by atoms with Crippen molar-refractivity contribution in [2.75, 3.05) is 41.8 Å². The Labute approximate surface area is 184 Å². The van der Waals surface area contributed by atoms with Crippen molar-refractivity contribution in [1.82, 2.24) is 15.0 Å². The first-order valence-corrected chi connectivity index (χ1v) is 8.81. The largest absolute Gasteiger partial charge is 0.378 e. The van der Waals surface area contributed by atoms with Gasteiger partial charge in [0.25, 0.3) is 0 Å². The number of ether oxygens (including phenoxy) is 1. The minimum Gasteiger partial charge on any atom is -0.378 e. The van der Waals surface area contributed by atoms with E-state index in [0.717, 1.165) is 0 Å². The highest BCUT2D eigenvalue weighted by molar-refractivity contribution is 5.85. The molecule has 0 unspecified atom stereocenters. The molecule has 7 nitrogen and oxygen atoms in total. The third-order valence-electron chi connectivity index (χ3n) is 4.16. The second kappa shape index (κ2) is 10.9. The van der Waals surface area contributed by atoms with E-state index in [0.29, 0.717) is 32.3 Å². The van der Waals surface area contributed by atoms with E-state index in [1.54, 1.807) is 36.4 Å². The van der Waals surface area contributed by atoms with Crippen LogP contribution in [0.1, 0.15) is 0 Å². The molecule has 1 aromatic heterocycles. The molecular weight excluding hydrogens is 437 g/mol. The number of rotatable bonds is 5. The standard InChI is InChI=1S/C19H18F2N6O.2ClH/c20-13-5-1-3-7-15(13)22-17-24-18(23-16-8-4-2-6-14(16)21)26-19(25-17)27-9-11-28-12-10-27;;/h1-8H,9-12H2,(H2,22,23,24,25,26);2*1H. The Morgan fingerprint density at radius 3 is 1.67 bits per heavy atom. The van der Waals surface area contributed by atoms with E-state index in [1.165, 1.54) is 12.1 Å². The summed E-state index contributed by atoms with van der Waals surface area (Å²) < 4.78 is 33.4. The molecule has 3 aromatic rings. The molecule has 1 aliphatic heterocycles. The molecule has 30 heavy (non-hydrogen) atoms. The van der Waals surface area contributed by atoms with E-state index in [-0.39, 0.29) is 48.1 Å². The Bertz CT molecular complexity index is 910. The molecule has 0 amide bonds. The number of hydrogen-bond acceptors (Lipinski definition) is 7. The van der Waals surface area contributed by atoms with Crippen molar-refractivity contribution < 1.29 is 13.5 Å². The molecule has 0 saturated carbocycles. The average molecular weight is 457 g/mol. The van der Waals surface area contributed by atoms with E-state index in [2.05, 4.69) is 25.6 Å². The van der Waals surface area contributed by atoms with Gasteiger partial charge in [-0.25, -0.2) is 8.78 Å². The van der Waals surface area contributed by atoms with Crippen LogP contribution in [0.25, 0.3) is 0 Å². The lowest BCUT2D eigenvalue weighted by molar-refractivity contribution is 0.122. The van der Waals surface area contributed by atoms with E-state index in [4.69, 9.17) is 4.74 Å². The van der Waals surface area contributed by atoms with Gasteiger partial charge in [-0.1, -0.05) is 24.3 Å². The highest BCUT2D eigenvalue weighted by atomic mass is 35.5. The summed E-state index contributed by atoms with van der Waals surface area (Å²) in [6.45, 7) is 2.33. The number of benzene rings is 2. The van der Waals surface area contributed by atoms with Gasteiger partial charge in [0.1, 0.15) is 11.6 Å². The van der Waals surface area contributed by atoms with Crippen LogP contribution in [0.4, 0.5) is 38.0 Å². The predicted octanol–water partition coefficient (Wildman–Crippen LogP) is 4.32. The second-order valence-electron chi connectivity index (χ2n) is 6.09. The van der Waals surface area contributed by atoms with Crippen LogP contribution in [-0.4, -0.2) is 41.3 Å². The molecule has 0 aliphatic carbocycles. The molecule has 1 aliphatic rings. The van der Waals surface area contributed by atoms with Crippen molar-refractivity contribution in [2.45, 2.75) is 0 Å². The molecule has 2 aromatic carbocycles. The van der Waals surface area contributed by atoms with Crippen LogP contribution >= 0.6 is 24.8 Å². The third-order valence-corrected chi connectivity index (χ3v) is 4.16. The summed E-state index contributed by atoms with van der Waals surface area (Å²) in [6, 6.07) is 12.4. The highest BCUT2D eigenvalue weighted by Crippen LogP contribution is 2.23. The normalized spacial score (nSPS) is 13.1. The molecular formula is C19H20Cl2F2N6O. The maximum atomic E-state index is 14.0. The van der Waals surface area contributed by atoms with Gasteiger partial charge in [-0.2, -0.15) is 15.0 Å². The first-order valence-electron chi connectivity index (χ1n) is 8.81. The zero-order valence-corrected chi connectivity index (χ0v) is 17.3. The van der Waals surface area contributed by atoms with Crippen molar-refractivity contribution in [2.24, 2.45) is 0 Å². The van der Waals surface area contributed by atoms with Crippen LogP contribution in [0.15, 0.2) is 48.5 Å². The lowest BCUT2D eigenvalue weighted by Gasteiger charge is -2.27. The maximum Gasteiger partial charge on any atom is 0.233 e. The van der Waals surface area contributed by atoms with Crippen molar-refractivity contribution in [3.63, 3.8) is 0 Å². The quantitative estimate of drug-likeness (QED) is 0.591. The van der Waals surface area contributed by atoms with E-state index in [1.807, 2.05) is 4.90 Å². The van der Waals surface area contributed by atoms with Crippen molar-refractivity contribution in [3.05, 3.63) is 60.2 Å². The first-order chi connectivity index (χ1) is 13.7. The molecule has 1 saturated heterocycles. The summed E-state index contributed by atoms with van der Waals surface area (Å²) in [4.78, 5) is 15.0. The van der Waals surface area contributed by atoms with Crippen LogP contribution in [0, 0.1) is 11.6 Å². The maximum absolute atomic E-state index is 14.0. The Hall–Kier alpha value is -2.75. The van der Waals surface area contributed by atoms with Crippen LogP contribution in [0.2, 0.25) is 0 Å². The van der Waals surface area contributed by atoms with Crippen LogP contribution in [-0.2, 0) is 4.74 Å². The molecule has 2 N–H and O–H groups in total. The summed E-state index contributed by atoms with van der Waals surface area (Å²) >= 11 is 0. The lowest BCUT2D eigenvalue weighted by Crippen LogP contribution is -2.37. The first kappa shape index (κ1) is 23.5. The van der Waals surface area contributed by atoms with Gasteiger partial charge in [0.15, 0.2) is 0 Å². The lowest BCUT2D eigenvalue weighted by atomic mass is 10.3. The van der Waals surface area contributed by atoms with E-state index in [9.17, 15) is 8.78 Å². The Kier molecular flexibility index (Phi) is 8.52. The van der Waals surface area contributed by atoms with E-state index < -0.39 is 11.6 Å². The zero-order chi connectivity index (χ0) is 19.3. The fourth-order valence-corrected chi connectivity index (χ4v) is 2.75. The molecule has 11 heteroatoms. The molecule has 2 heterocycles. The average Bonchev–Trinajstić information content (AvgIpc) is 2.72. The molecule has 0 radical (unpaired) electrons. The van der Waals surface area contributed by atoms with Gasteiger partial charge in [-0.15, -0.1) is 24.8 Å². The number of halogens is 4. The summed E-state index contributed by atoms with van der Waals surface area (Å²) in [5, 5.41) is 5.73. The Balaban J connectivity index is 0.00000160. The fraction of sp³-hybridized carbons (Fsp3) is 0.211. The summed E-state index contributed by atoms with van der Waals surface area (Å²) in [6.07, 6.45) is 0. The van der Waals surface area contributed by atoms with Gasteiger partial charge in [-0.3, -0.25) is 0 Å². The Morgan fingerprint density at radius 2 is 1.20 bits per heavy atom. The van der Waals surface area contributed by atoms with Gasteiger partial charge in [-0.05, 0) is 24.3 Å². The van der Waals surface area contributed by atoms with Crippen LogP contribution in [0.5, 0.6) is 0 Å². The summed E-state index contributed by atoms with van der Waals surface area (Å²) in [7, 11) is 0. The van der Waals surface area contributed by atoms with Crippen LogP contribution in [0.3, 0.4) is 0 Å². The molecule has 1 fully saturated rings. The number of anilines is 5. The second-order valence-corrected chi connectivity index (χ2v) is 6.09. The van der Waals surface area contributed by atoms with Gasteiger partial charge < -0.3 is 20.3 Å². The highest BCUT2D eigenvalue weighted by Gasteiger charge is 2.17. The summed E-state index contributed by atoms with van der Waals surface area (Å²) in [5.74, 6) is -0.157. The zero-order valence-electron chi connectivity index (χ0n) is 15.7. The number of nitrogens with one attached hydrogen (secondary N) is 2. The van der Waals surface area contributed by atoms with Crippen molar-refractivity contribution in [1.29, 1.82) is 0 Å². The monoisotopic (exact) mass is 456 g/mol. The number of morpholine rings is 1. The number of hydrogen-bond donors (Lipinski definition) is 2. The molecule has 4 rings (SSSR count). The third kappa shape index (κ3) is 5.65. The van der Waals surface area contributed by atoms with E-state index >= 15 is 0 Å². The fourth-order valence-electron chi connectivity index (χ4n) is 2.75. The van der Waals surface area contributed by atoms with Gasteiger partial charge >= 0.3 is 0 Å². The van der Waals surface area contributed by atoms with Gasteiger partial charge in [0.05, 0.1) is 24.6 Å². The molecule has 0 bridgehead atoms. The van der Waals surface area contributed by atoms with Gasteiger partial charge in [0, 0.05) is 13.1 Å². The van der Waals surface area contributed by atoms with Crippen LogP contribution < -0.4 is 15.5 Å². The Morgan fingerprint density at radius 1 is 0.733 bits per heavy atom. The minimum atomic E-state index is -0.431. The molecule has 0 spiro atoms. The minimum absolute atomic E-state index is 0. The number of nitrogens with zero attached hydrogens (tertiary/aromatic N) is 4. The smallest absolute Gasteiger partial charge is 0.233 e. The number of aromatic nitrogens is 3. The molecule has 160 valence electrons. The molecule has 0 atom stereocenters. The number of para-hydroxylation sites is 2.